The molecule has 26 heavy (non-hydrogen) atoms. The zero-order chi connectivity index (χ0) is 17.9. The molecule has 0 aliphatic rings. The summed E-state index contributed by atoms with van der Waals surface area (Å²) in [7, 11) is 0. The summed E-state index contributed by atoms with van der Waals surface area (Å²) in [4.78, 5) is 7.98. The maximum atomic E-state index is 9.48. The summed E-state index contributed by atoms with van der Waals surface area (Å²) in [6, 6.07) is 23.5. The maximum absolute atomic E-state index is 9.48. The van der Waals surface area contributed by atoms with E-state index in [4.69, 9.17) is 4.74 Å². The Kier molecular flexibility index (Phi) is 4.12. The van der Waals surface area contributed by atoms with Crippen molar-refractivity contribution in [2.75, 3.05) is 0 Å². The Balaban J connectivity index is 1.59. The van der Waals surface area contributed by atoms with E-state index in [1.165, 1.54) is 5.56 Å². The Morgan fingerprint density at radius 3 is 2.69 bits per heavy atom. The molecule has 4 heteroatoms. The van der Waals surface area contributed by atoms with Gasteiger partial charge in [-0.2, -0.15) is 5.26 Å². The van der Waals surface area contributed by atoms with Crippen LogP contribution in [-0.4, -0.2) is 9.97 Å². The van der Waals surface area contributed by atoms with Crippen LogP contribution in [-0.2, 0) is 6.42 Å². The summed E-state index contributed by atoms with van der Waals surface area (Å²) in [5.41, 5.74) is 4.71. The molecule has 0 bridgehead atoms. The highest BCUT2D eigenvalue weighted by atomic mass is 16.5. The van der Waals surface area contributed by atoms with Gasteiger partial charge in [0.2, 0.25) is 0 Å². The molecule has 1 heterocycles. The van der Waals surface area contributed by atoms with Crippen molar-refractivity contribution < 1.29 is 4.74 Å². The Hall–Kier alpha value is -3.58. The van der Waals surface area contributed by atoms with Gasteiger partial charge in [-0.1, -0.05) is 30.3 Å². The van der Waals surface area contributed by atoms with Crippen molar-refractivity contribution in [1.82, 2.24) is 9.97 Å². The molecule has 126 valence electrons. The van der Waals surface area contributed by atoms with Gasteiger partial charge in [0.25, 0.3) is 0 Å². The lowest BCUT2D eigenvalue weighted by Crippen LogP contribution is -1.94. The number of benzene rings is 3. The van der Waals surface area contributed by atoms with Crippen molar-refractivity contribution in [1.29, 1.82) is 5.26 Å². The number of aryl methyl sites for hydroxylation is 1. The second-order valence-corrected chi connectivity index (χ2v) is 6.24. The van der Waals surface area contributed by atoms with Crippen LogP contribution in [0.1, 0.15) is 22.5 Å². The van der Waals surface area contributed by atoms with Crippen LogP contribution in [0.4, 0.5) is 0 Å². The van der Waals surface area contributed by atoms with Crippen molar-refractivity contribution in [3.8, 4) is 17.6 Å². The minimum absolute atomic E-state index is 0.512. The molecular weight excluding hydrogens is 322 g/mol. The minimum Gasteiger partial charge on any atom is -0.456 e. The molecule has 0 fully saturated rings. The number of imidazole rings is 1. The van der Waals surface area contributed by atoms with Gasteiger partial charge in [0.05, 0.1) is 16.6 Å². The number of para-hydroxylation sites is 1. The van der Waals surface area contributed by atoms with E-state index in [0.717, 1.165) is 22.4 Å². The number of fused-ring (bicyclic) bond motifs is 1. The molecule has 3 aromatic carbocycles. The van der Waals surface area contributed by atoms with Crippen LogP contribution in [0.2, 0.25) is 0 Å². The van der Waals surface area contributed by atoms with Crippen molar-refractivity contribution in [3.63, 3.8) is 0 Å². The number of aromatic amines is 1. The molecule has 0 radical (unpaired) electrons. The molecule has 0 spiro atoms. The SMILES string of the molecule is Cc1ccc2nc(Cc3ccc(Oc4ccccc4)c(C#N)c3)[nH]c2c1. The summed E-state index contributed by atoms with van der Waals surface area (Å²) in [6.07, 6.45) is 0.633. The van der Waals surface area contributed by atoms with Gasteiger partial charge in [0.15, 0.2) is 0 Å². The summed E-state index contributed by atoms with van der Waals surface area (Å²) < 4.78 is 5.82. The van der Waals surface area contributed by atoms with Crippen LogP contribution in [0.3, 0.4) is 0 Å². The molecule has 0 aliphatic heterocycles. The number of rotatable bonds is 4. The number of hydrogen-bond acceptors (Lipinski definition) is 3. The van der Waals surface area contributed by atoms with E-state index in [1.807, 2.05) is 54.6 Å². The van der Waals surface area contributed by atoms with Crippen molar-refractivity contribution in [2.24, 2.45) is 0 Å². The summed E-state index contributed by atoms with van der Waals surface area (Å²) in [5.74, 6) is 2.15. The quantitative estimate of drug-likeness (QED) is 0.561. The number of ether oxygens (including phenoxy) is 1. The number of H-pyrrole nitrogens is 1. The monoisotopic (exact) mass is 339 g/mol. The number of nitrogens with zero attached hydrogens (tertiary/aromatic N) is 2. The van der Waals surface area contributed by atoms with Crippen LogP contribution >= 0.6 is 0 Å². The Morgan fingerprint density at radius 2 is 1.88 bits per heavy atom. The van der Waals surface area contributed by atoms with Crippen molar-refractivity contribution in [2.45, 2.75) is 13.3 Å². The Morgan fingerprint density at radius 1 is 1.04 bits per heavy atom. The average molecular weight is 339 g/mol. The van der Waals surface area contributed by atoms with E-state index >= 15 is 0 Å². The predicted molar refractivity (Wildman–Crippen MR) is 101 cm³/mol. The molecule has 0 amide bonds. The fourth-order valence-corrected chi connectivity index (χ4v) is 2.93. The number of nitriles is 1. The topological polar surface area (TPSA) is 61.7 Å². The van der Waals surface area contributed by atoms with Crippen LogP contribution < -0.4 is 4.74 Å². The molecule has 0 saturated heterocycles. The first-order valence-electron chi connectivity index (χ1n) is 8.42. The number of aromatic nitrogens is 2. The second kappa shape index (κ2) is 6.73. The van der Waals surface area contributed by atoms with E-state index < -0.39 is 0 Å². The van der Waals surface area contributed by atoms with Gasteiger partial charge in [-0.05, 0) is 54.4 Å². The van der Waals surface area contributed by atoms with Crippen LogP contribution in [0.5, 0.6) is 11.5 Å². The van der Waals surface area contributed by atoms with Gasteiger partial charge in [-0.15, -0.1) is 0 Å². The Labute approximate surface area is 151 Å². The maximum Gasteiger partial charge on any atom is 0.145 e. The zero-order valence-corrected chi connectivity index (χ0v) is 14.4. The van der Waals surface area contributed by atoms with E-state index in [0.29, 0.717) is 23.5 Å². The lowest BCUT2D eigenvalue weighted by Gasteiger charge is -2.08. The molecule has 0 atom stereocenters. The molecule has 1 aromatic heterocycles. The molecule has 4 rings (SSSR count). The largest absolute Gasteiger partial charge is 0.456 e. The van der Waals surface area contributed by atoms with Crippen LogP contribution in [0.25, 0.3) is 11.0 Å². The van der Waals surface area contributed by atoms with Gasteiger partial charge in [-0.25, -0.2) is 4.98 Å². The third kappa shape index (κ3) is 3.28. The summed E-state index contributed by atoms with van der Waals surface area (Å²) >= 11 is 0. The summed E-state index contributed by atoms with van der Waals surface area (Å²) in [5, 5.41) is 9.48. The van der Waals surface area contributed by atoms with E-state index in [2.05, 4.69) is 35.1 Å². The van der Waals surface area contributed by atoms with Gasteiger partial charge in [0.1, 0.15) is 23.4 Å². The predicted octanol–water partition coefficient (Wildman–Crippen LogP) is 5.13. The first-order chi connectivity index (χ1) is 12.7. The fraction of sp³-hybridized carbons (Fsp3) is 0.0909. The van der Waals surface area contributed by atoms with Gasteiger partial charge in [-0.3, -0.25) is 0 Å². The minimum atomic E-state index is 0.512. The number of nitrogens with one attached hydrogen (secondary N) is 1. The zero-order valence-electron chi connectivity index (χ0n) is 14.4. The third-order valence-electron chi connectivity index (χ3n) is 4.19. The molecular formula is C22H17N3O. The van der Waals surface area contributed by atoms with Crippen molar-refractivity contribution >= 4 is 11.0 Å². The highest BCUT2D eigenvalue weighted by Crippen LogP contribution is 2.26. The van der Waals surface area contributed by atoms with Crippen molar-refractivity contribution in [3.05, 3.63) is 89.2 Å². The van der Waals surface area contributed by atoms with E-state index in [-0.39, 0.29) is 0 Å². The van der Waals surface area contributed by atoms with Crippen LogP contribution in [0, 0.1) is 18.3 Å². The first-order valence-corrected chi connectivity index (χ1v) is 8.42. The molecule has 1 N–H and O–H groups in total. The first kappa shape index (κ1) is 15.9. The van der Waals surface area contributed by atoms with E-state index in [9.17, 15) is 5.26 Å². The molecule has 4 aromatic rings. The van der Waals surface area contributed by atoms with Crippen LogP contribution in [0.15, 0.2) is 66.7 Å². The van der Waals surface area contributed by atoms with Gasteiger partial charge >= 0.3 is 0 Å². The van der Waals surface area contributed by atoms with Gasteiger partial charge in [0, 0.05) is 6.42 Å². The van der Waals surface area contributed by atoms with E-state index in [1.54, 1.807) is 0 Å². The van der Waals surface area contributed by atoms with Gasteiger partial charge < -0.3 is 9.72 Å². The normalized spacial score (nSPS) is 10.6. The second-order valence-electron chi connectivity index (χ2n) is 6.24. The molecule has 0 aliphatic carbocycles. The fourth-order valence-electron chi connectivity index (χ4n) is 2.93. The average Bonchev–Trinajstić information content (AvgIpc) is 3.05. The smallest absolute Gasteiger partial charge is 0.145 e. The number of hydrogen-bond donors (Lipinski definition) is 1. The summed E-state index contributed by atoms with van der Waals surface area (Å²) in [6.45, 7) is 2.06. The Bertz CT molecular complexity index is 1110. The highest BCUT2D eigenvalue weighted by molar-refractivity contribution is 5.75. The highest BCUT2D eigenvalue weighted by Gasteiger charge is 2.09. The molecule has 0 unspecified atom stereocenters. The lowest BCUT2D eigenvalue weighted by molar-refractivity contribution is 0.481. The standard InChI is InChI=1S/C22H17N3O/c1-15-7-9-19-20(11-15)25-22(24-19)13-16-8-10-21(17(12-16)14-23)26-18-5-3-2-4-6-18/h2-12H,13H2,1H3,(H,24,25). The lowest BCUT2D eigenvalue weighted by atomic mass is 10.1. The molecule has 4 nitrogen and oxygen atoms in total. The molecule has 0 saturated carbocycles. The third-order valence-corrected chi connectivity index (χ3v) is 4.19.